The number of sulfonamides is 1. The predicted octanol–water partition coefficient (Wildman–Crippen LogP) is 4.15. The number of carbonyl (C=O) groups excluding carboxylic acids is 1. The van der Waals surface area contributed by atoms with Gasteiger partial charge < -0.3 is 14.8 Å². The number of amides is 1. The van der Waals surface area contributed by atoms with Gasteiger partial charge in [-0.3, -0.25) is 4.79 Å². The minimum Gasteiger partial charge on any atom is -0.497 e. The summed E-state index contributed by atoms with van der Waals surface area (Å²) in [5.41, 5.74) is 2.40. The molecular formula is C27H36N4O5S. The Bertz CT molecular complexity index is 1310. The largest absolute Gasteiger partial charge is 0.497 e. The Morgan fingerprint density at radius 1 is 1.08 bits per heavy atom. The molecule has 9 nitrogen and oxygen atoms in total. The van der Waals surface area contributed by atoms with Gasteiger partial charge in [-0.1, -0.05) is 32.9 Å². The van der Waals surface area contributed by atoms with E-state index in [0.29, 0.717) is 24.6 Å². The molecule has 37 heavy (non-hydrogen) atoms. The van der Waals surface area contributed by atoms with E-state index in [0.717, 1.165) is 16.9 Å². The highest BCUT2D eigenvalue weighted by Crippen LogP contribution is 2.27. The van der Waals surface area contributed by atoms with E-state index in [2.05, 4.69) is 5.32 Å². The third-order valence-corrected chi connectivity index (χ3v) is 7.62. The average molecular weight is 529 g/mol. The van der Waals surface area contributed by atoms with Gasteiger partial charge in [-0.05, 0) is 55.3 Å². The Morgan fingerprint density at radius 2 is 1.78 bits per heavy atom. The van der Waals surface area contributed by atoms with Gasteiger partial charge in [0.2, 0.25) is 15.9 Å². The van der Waals surface area contributed by atoms with Crippen LogP contribution in [0, 0.1) is 6.92 Å². The van der Waals surface area contributed by atoms with Crippen molar-refractivity contribution in [3.8, 4) is 11.4 Å². The summed E-state index contributed by atoms with van der Waals surface area (Å²) in [6.07, 6.45) is 0.439. The number of aryl methyl sites for hydroxylation is 1. The van der Waals surface area contributed by atoms with Crippen LogP contribution in [0.4, 0.5) is 5.82 Å². The van der Waals surface area contributed by atoms with Gasteiger partial charge in [0.1, 0.15) is 11.6 Å². The van der Waals surface area contributed by atoms with Crippen LogP contribution in [0.1, 0.15) is 38.4 Å². The molecule has 1 N–H and O–H groups in total. The fourth-order valence-corrected chi connectivity index (χ4v) is 5.14. The monoisotopic (exact) mass is 528 g/mol. The molecular weight excluding hydrogens is 492 g/mol. The van der Waals surface area contributed by atoms with Crippen LogP contribution in [0.5, 0.6) is 5.75 Å². The number of rotatable bonds is 11. The molecule has 2 aromatic carbocycles. The van der Waals surface area contributed by atoms with E-state index in [4.69, 9.17) is 14.6 Å². The van der Waals surface area contributed by atoms with Crippen molar-refractivity contribution < 1.29 is 22.7 Å². The third kappa shape index (κ3) is 7.18. The molecule has 200 valence electrons. The van der Waals surface area contributed by atoms with Gasteiger partial charge in [0.25, 0.3) is 0 Å². The van der Waals surface area contributed by atoms with E-state index in [-0.39, 0.29) is 23.4 Å². The fourth-order valence-electron chi connectivity index (χ4n) is 3.70. The van der Waals surface area contributed by atoms with Crippen molar-refractivity contribution >= 4 is 21.7 Å². The van der Waals surface area contributed by atoms with Gasteiger partial charge in [0.05, 0.1) is 29.9 Å². The first-order chi connectivity index (χ1) is 17.5. The van der Waals surface area contributed by atoms with Crippen LogP contribution in [-0.4, -0.2) is 62.3 Å². The molecule has 0 saturated heterocycles. The molecule has 3 aromatic rings. The molecule has 0 bridgehead atoms. The summed E-state index contributed by atoms with van der Waals surface area (Å²) < 4.78 is 39.9. The van der Waals surface area contributed by atoms with Crippen molar-refractivity contribution in [2.45, 2.75) is 44.4 Å². The number of anilines is 1. The number of hydrogen-bond acceptors (Lipinski definition) is 6. The van der Waals surface area contributed by atoms with Gasteiger partial charge in [-0.15, -0.1) is 0 Å². The summed E-state index contributed by atoms with van der Waals surface area (Å²) in [6, 6.07) is 15.7. The topological polar surface area (TPSA) is 103 Å². The Hall–Kier alpha value is -3.21. The van der Waals surface area contributed by atoms with E-state index < -0.39 is 15.9 Å². The van der Waals surface area contributed by atoms with Crippen LogP contribution in [-0.2, 0) is 25.0 Å². The smallest absolute Gasteiger partial charge is 0.243 e. The maximum atomic E-state index is 13.4. The van der Waals surface area contributed by atoms with E-state index in [1.54, 1.807) is 23.9 Å². The van der Waals surface area contributed by atoms with Gasteiger partial charge in [-0.25, -0.2) is 13.1 Å². The molecule has 0 aliphatic rings. The Labute approximate surface area is 219 Å². The molecule has 0 aliphatic carbocycles. The van der Waals surface area contributed by atoms with Crippen LogP contribution in [0.15, 0.2) is 59.5 Å². The quantitative estimate of drug-likeness (QED) is 0.375. The van der Waals surface area contributed by atoms with E-state index >= 15 is 0 Å². The highest BCUT2D eigenvalue weighted by Gasteiger charge is 2.28. The van der Waals surface area contributed by atoms with Gasteiger partial charge >= 0.3 is 0 Å². The van der Waals surface area contributed by atoms with Crippen molar-refractivity contribution in [1.29, 1.82) is 0 Å². The third-order valence-electron chi connectivity index (χ3n) is 5.76. The molecule has 3 rings (SSSR count). The van der Waals surface area contributed by atoms with Crippen LogP contribution in [0.2, 0.25) is 0 Å². The molecule has 1 amide bonds. The Morgan fingerprint density at radius 3 is 2.38 bits per heavy atom. The molecule has 0 fully saturated rings. The zero-order chi connectivity index (χ0) is 27.2. The molecule has 0 unspecified atom stereocenters. The molecule has 0 radical (unpaired) electrons. The summed E-state index contributed by atoms with van der Waals surface area (Å²) in [6.45, 7) is 8.24. The van der Waals surface area contributed by atoms with Crippen LogP contribution >= 0.6 is 0 Å². The highest BCUT2D eigenvalue weighted by molar-refractivity contribution is 7.89. The van der Waals surface area contributed by atoms with Gasteiger partial charge in [0.15, 0.2) is 0 Å². The normalized spacial score (nSPS) is 12.1. The van der Waals surface area contributed by atoms with E-state index in [1.165, 1.54) is 23.5 Å². The minimum atomic E-state index is -3.94. The summed E-state index contributed by atoms with van der Waals surface area (Å²) in [7, 11) is -0.880. The zero-order valence-corrected chi connectivity index (χ0v) is 23.1. The first kappa shape index (κ1) is 28.4. The number of benzene rings is 2. The lowest BCUT2D eigenvalue weighted by molar-refractivity contribution is -0.116. The number of nitrogens with one attached hydrogen (secondary N) is 1. The number of hydrogen-bond donors (Lipinski definition) is 1. The number of ether oxygens (including phenoxy) is 2. The second-order valence-corrected chi connectivity index (χ2v) is 11.8. The first-order valence-electron chi connectivity index (χ1n) is 12.1. The lowest BCUT2D eigenvalue weighted by Crippen LogP contribution is -2.39. The maximum absolute atomic E-state index is 13.4. The Balaban J connectivity index is 1.90. The predicted molar refractivity (Wildman–Crippen MR) is 144 cm³/mol. The molecule has 1 aromatic heterocycles. The second-order valence-electron chi connectivity index (χ2n) is 9.82. The van der Waals surface area contributed by atoms with Crippen molar-refractivity contribution in [1.82, 2.24) is 14.1 Å². The van der Waals surface area contributed by atoms with Crippen LogP contribution < -0.4 is 10.1 Å². The first-order valence-corrected chi connectivity index (χ1v) is 13.5. The fraction of sp³-hybridized carbons (Fsp3) is 0.407. The van der Waals surface area contributed by atoms with Gasteiger partial charge in [-0.2, -0.15) is 9.40 Å². The number of carbonyl (C=O) groups is 1. The summed E-state index contributed by atoms with van der Waals surface area (Å²) in [5, 5.41) is 7.63. The lowest BCUT2D eigenvalue weighted by atomic mass is 9.92. The van der Waals surface area contributed by atoms with Crippen LogP contribution in [0.25, 0.3) is 5.69 Å². The summed E-state index contributed by atoms with van der Waals surface area (Å²) >= 11 is 0. The number of methoxy groups -OCH3 is 2. The van der Waals surface area contributed by atoms with Crippen molar-refractivity contribution in [2.75, 3.05) is 39.2 Å². The zero-order valence-electron chi connectivity index (χ0n) is 22.3. The van der Waals surface area contributed by atoms with E-state index in [9.17, 15) is 13.2 Å². The van der Waals surface area contributed by atoms with Crippen molar-refractivity contribution in [2.24, 2.45) is 0 Å². The lowest BCUT2D eigenvalue weighted by Gasteiger charge is -2.22. The molecule has 1 heterocycles. The highest BCUT2D eigenvalue weighted by atomic mass is 32.2. The maximum Gasteiger partial charge on any atom is 0.243 e. The van der Waals surface area contributed by atoms with Crippen LogP contribution in [0.3, 0.4) is 0 Å². The summed E-state index contributed by atoms with van der Waals surface area (Å²) in [5.74, 6) is 0.546. The van der Waals surface area contributed by atoms with Crippen molar-refractivity contribution in [3.63, 3.8) is 0 Å². The minimum absolute atomic E-state index is 0.0818. The second kappa shape index (κ2) is 11.9. The van der Waals surface area contributed by atoms with E-state index in [1.807, 2.05) is 58.0 Å². The van der Waals surface area contributed by atoms with Crippen molar-refractivity contribution in [3.05, 3.63) is 65.9 Å². The Kier molecular flexibility index (Phi) is 9.12. The SMILES string of the molecule is COCCCN(CC(=O)Nc1cc(C(C)(C)C)nn1-c1cccc(C)c1)S(=O)(=O)c1ccc(OC)cc1. The molecule has 10 heteroatoms. The molecule has 0 saturated carbocycles. The van der Waals surface area contributed by atoms with Gasteiger partial charge in [0, 0.05) is 31.7 Å². The molecule has 0 atom stereocenters. The number of aromatic nitrogens is 2. The summed E-state index contributed by atoms with van der Waals surface area (Å²) in [4.78, 5) is 13.3. The molecule has 0 spiro atoms. The standard InChI is InChI=1S/C27H36N4O5S/c1-20-9-7-10-21(17-20)31-25(18-24(29-31)27(2,3)4)28-26(32)19-30(15-8-16-35-5)37(33,34)23-13-11-22(36-6)12-14-23/h7,9-14,17-18H,8,15-16,19H2,1-6H3,(H,28,32). The number of nitrogens with zero attached hydrogens (tertiary/aromatic N) is 3. The molecule has 0 aliphatic heterocycles. The average Bonchev–Trinajstić information content (AvgIpc) is 3.28.